The van der Waals surface area contributed by atoms with Crippen molar-refractivity contribution in [2.24, 2.45) is 10.9 Å². The quantitative estimate of drug-likeness (QED) is 0.541. The number of ether oxygens (including phenoxy) is 1. The molecule has 0 aromatic rings. The van der Waals surface area contributed by atoms with Gasteiger partial charge in [0.15, 0.2) is 5.96 Å². The Labute approximate surface area is 92.5 Å². The van der Waals surface area contributed by atoms with Crippen LogP contribution < -0.4 is 10.6 Å². The van der Waals surface area contributed by atoms with Gasteiger partial charge in [-0.05, 0) is 26.7 Å². The molecular weight excluding hydrogens is 190 g/mol. The molecule has 2 N–H and O–H groups in total. The monoisotopic (exact) mass is 213 g/mol. The zero-order valence-corrected chi connectivity index (χ0v) is 9.88. The van der Waals surface area contributed by atoms with E-state index < -0.39 is 0 Å². The molecular formula is C11H23N3O. The van der Waals surface area contributed by atoms with Crippen LogP contribution in [0.15, 0.2) is 4.99 Å². The molecule has 15 heavy (non-hydrogen) atoms. The van der Waals surface area contributed by atoms with Gasteiger partial charge in [0.05, 0.1) is 6.61 Å². The van der Waals surface area contributed by atoms with E-state index in [9.17, 15) is 0 Å². The molecule has 1 heterocycles. The van der Waals surface area contributed by atoms with Crippen LogP contribution in [-0.4, -0.2) is 38.8 Å². The lowest BCUT2D eigenvalue weighted by molar-refractivity contribution is 0.0582. The Morgan fingerprint density at radius 3 is 2.60 bits per heavy atom. The Kier molecular flexibility index (Phi) is 6.16. The second-order valence-corrected chi connectivity index (χ2v) is 3.83. The van der Waals surface area contributed by atoms with Gasteiger partial charge >= 0.3 is 0 Å². The number of guanidine groups is 1. The van der Waals surface area contributed by atoms with Crippen LogP contribution in [0.2, 0.25) is 0 Å². The van der Waals surface area contributed by atoms with Crippen molar-refractivity contribution in [3.05, 3.63) is 0 Å². The molecule has 0 bridgehead atoms. The normalized spacial score (nSPS) is 20.8. The summed E-state index contributed by atoms with van der Waals surface area (Å²) in [5.74, 6) is 1.52. The van der Waals surface area contributed by atoms with Gasteiger partial charge in [0.25, 0.3) is 0 Å². The summed E-state index contributed by atoms with van der Waals surface area (Å²) in [7, 11) is 0. The third kappa shape index (κ3) is 5.02. The maximum Gasteiger partial charge on any atom is 0.191 e. The molecule has 0 radical (unpaired) electrons. The highest BCUT2D eigenvalue weighted by atomic mass is 16.5. The molecule has 0 spiro atoms. The minimum Gasteiger partial charge on any atom is -0.381 e. The van der Waals surface area contributed by atoms with Crippen LogP contribution in [-0.2, 0) is 4.74 Å². The predicted octanol–water partition coefficient (Wildman–Crippen LogP) is 0.988. The van der Waals surface area contributed by atoms with Crippen LogP contribution >= 0.6 is 0 Å². The minimum absolute atomic E-state index is 0.603. The van der Waals surface area contributed by atoms with Crippen molar-refractivity contribution in [3.8, 4) is 0 Å². The first-order valence-electron chi connectivity index (χ1n) is 5.96. The standard InChI is InChI=1S/C11H23N3O/c1-3-12-11(13-4-2)14-8-10-6-5-7-15-9-10/h10H,3-9H2,1-2H3,(H2,12,13,14)/t10-/m0/s1. The highest BCUT2D eigenvalue weighted by Gasteiger charge is 2.13. The lowest BCUT2D eigenvalue weighted by atomic mass is 10.0. The molecule has 1 rings (SSSR count). The highest BCUT2D eigenvalue weighted by Crippen LogP contribution is 2.13. The number of hydrogen-bond donors (Lipinski definition) is 2. The van der Waals surface area contributed by atoms with Gasteiger partial charge in [-0.15, -0.1) is 0 Å². The predicted molar refractivity (Wildman–Crippen MR) is 63.2 cm³/mol. The maximum absolute atomic E-state index is 5.42. The summed E-state index contributed by atoms with van der Waals surface area (Å²) >= 11 is 0. The van der Waals surface area contributed by atoms with E-state index >= 15 is 0 Å². The lowest BCUT2D eigenvalue weighted by Gasteiger charge is -2.20. The van der Waals surface area contributed by atoms with E-state index in [2.05, 4.69) is 29.5 Å². The topological polar surface area (TPSA) is 45.7 Å². The van der Waals surface area contributed by atoms with Gasteiger partial charge in [0, 0.05) is 32.2 Å². The first-order valence-corrected chi connectivity index (χ1v) is 5.96. The van der Waals surface area contributed by atoms with E-state index in [1.165, 1.54) is 12.8 Å². The van der Waals surface area contributed by atoms with Crippen LogP contribution in [0.4, 0.5) is 0 Å². The average molecular weight is 213 g/mol. The Morgan fingerprint density at radius 1 is 1.33 bits per heavy atom. The van der Waals surface area contributed by atoms with Crippen LogP contribution in [0.5, 0.6) is 0 Å². The van der Waals surface area contributed by atoms with E-state index in [0.29, 0.717) is 5.92 Å². The summed E-state index contributed by atoms with van der Waals surface area (Å²) in [4.78, 5) is 4.54. The lowest BCUT2D eigenvalue weighted by Crippen LogP contribution is -2.37. The zero-order chi connectivity index (χ0) is 10.9. The number of nitrogens with one attached hydrogen (secondary N) is 2. The Balaban J connectivity index is 2.30. The van der Waals surface area contributed by atoms with Gasteiger partial charge in [0.2, 0.25) is 0 Å². The summed E-state index contributed by atoms with van der Waals surface area (Å²) in [6, 6.07) is 0. The van der Waals surface area contributed by atoms with E-state index in [0.717, 1.165) is 38.8 Å². The molecule has 88 valence electrons. The van der Waals surface area contributed by atoms with Crippen molar-refractivity contribution in [1.29, 1.82) is 0 Å². The largest absolute Gasteiger partial charge is 0.381 e. The van der Waals surface area contributed by atoms with Crippen molar-refractivity contribution < 1.29 is 4.74 Å². The molecule has 1 saturated heterocycles. The summed E-state index contributed by atoms with van der Waals surface area (Å²) < 4.78 is 5.42. The smallest absolute Gasteiger partial charge is 0.191 e. The Morgan fingerprint density at radius 2 is 2.07 bits per heavy atom. The third-order valence-electron chi connectivity index (χ3n) is 2.45. The average Bonchev–Trinajstić information content (AvgIpc) is 2.28. The van der Waals surface area contributed by atoms with E-state index in [1.807, 2.05) is 0 Å². The molecule has 0 amide bonds. The summed E-state index contributed by atoms with van der Waals surface area (Å²) in [6.07, 6.45) is 2.42. The molecule has 4 nitrogen and oxygen atoms in total. The third-order valence-corrected chi connectivity index (χ3v) is 2.45. The number of aliphatic imine (C=N–C) groups is 1. The molecule has 1 aliphatic rings. The van der Waals surface area contributed by atoms with Crippen LogP contribution in [0, 0.1) is 5.92 Å². The summed E-state index contributed by atoms with van der Waals surface area (Å²) in [5.41, 5.74) is 0. The van der Waals surface area contributed by atoms with Gasteiger partial charge in [0.1, 0.15) is 0 Å². The molecule has 1 fully saturated rings. The molecule has 0 aliphatic carbocycles. The van der Waals surface area contributed by atoms with E-state index in [-0.39, 0.29) is 0 Å². The molecule has 0 saturated carbocycles. The molecule has 0 unspecified atom stereocenters. The fraction of sp³-hybridized carbons (Fsp3) is 0.909. The van der Waals surface area contributed by atoms with Crippen LogP contribution in [0.1, 0.15) is 26.7 Å². The zero-order valence-electron chi connectivity index (χ0n) is 9.88. The van der Waals surface area contributed by atoms with Crippen LogP contribution in [0.3, 0.4) is 0 Å². The molecule has 4 heteroatoms. The van der Waals surface area contributed by atoms with Gasteiger partial charge in [-0.1, -0.05) is 0 Å². The first-order chi connectivity index (χ1) is 7.36. The summed E-state index contributed by atoms with van der Waals surface area (Å²) in [6.45, 7) is 8.64. The number of rotatable bonds is 4. The molecule has 0 aromatic heterocycles. The molecule has 0 aromatic carbocycles. The van der Waals surface area contributed by atoms with Crippen molar-refractivity contribution in [2.45, 2.75) is 26.7 Å². The van der Waals surface area contributed by atoms with Crippen molar-refractivity contribution in [2.75, 3.05) is 32.8 Å². The minimum atomic E-state index is 0.603. The maximum atomic E-state index is 5.42. The van der Waals surface area contributed by atoms with E-state index in [1.54, 1.807) is 0 Å². The van der Waals surface area contributed by atoms with Gasteiger partial charge < -0.3 is 15.4 Å². The van der Waals surface area contributed by atoms with Gasteiger partial charge in [-0.3, -0.25) is 4.99 Å². The first kappa shape index (κ1) is 12.3. The van der Waals surface area contributed by atoms with Crippen molar-refractivity contribution >= 4 is 5.96 Å². The van der Waals surface area contributed by atoms with E-state index in [4.69, 9.17) is 4.74 Å². The fourth-order valence-electron chi connectivity index (χ4n) is 1.68. The second-order valence-electron chi connectivity index (χ2n) is 3.83. The Bertz CT molecular complexity index is 180. The molecule has 1 atom stereocenters. The van der Waals surface area contributed by atoms with Gasteiger partial charge in [-0.2, -0.15) is 0 Å². The molecule has 1 aliphatic heterocycles. The SMILES string of the molecule is CCNC(=NC[C@@H]1CCCOC1)NCC. The van der Waals surface area contributed by atoms with Crippen molar-refractivity contribution in [1.82, 2.24) is 10.6 Å². The number of hydrogen-bond acceptors (Lipinski definition) is 2. The van der Waals surface area contributed by atoms with Crippen LogP contribution in [0.25, 0.3) is 0 Å². The Hall–Kier alpha value is -0.770. The second kappa shape index (κ2) is 7.51. The number of nitrogens with zero attached hydrogens (tertiary/aromatic N) is 1. The highest BCUT2D eigenvalue weighted by molar-refractivity contribution is 5.79. The summed E-state index contributed by atoms with van der Waals surface area (Å²) in [5, 5.41) is 6.44. The van der Waals surface area contributed by atoms with Gasteiger partial charge in [-0.25, -0.2) is 0 Å². The fourth-order valence-corrected chi connectivity index (χ4v) is 1.68. The van der Waals surface area contributed by atoms with Crippen molar-refractivity contribution in [3.63, 3.8) is 0 Å².